The highest BCUT2D eigenvalue weighted by Crippen LogP contribution is 2.32. The summed E-state index contributed by atoms with van der Waals surface area (Å²) in [5.41, 5.74) is 0.608. The number of benzene rings is 2. The largest absolute Gasteiger partial charge is 0.456 e. The number of ether oxygens (including phenoxy) is 1. The lowest BCUT2D eigenvalue weighted by atomic mass is 10.3. The average Bonchev–Trinajstić information content (AvgIpc) is 2.74. The van der Waals surface area contributed by atoms with Crippen molar-refractivity contribution in [2.75, 3.05) is 0 Å². The molecule has 5 nitrogen and oxygen atoms in total. The fourth-order valence-corrected chi connectivity index (χ4v) is 1.91. The molecule has 1 aromatic heterocycles. The van der Waals surface area contributed by atoms with Gasteiger partial charge in [-0.15, -0.1) is 0 Å². The Bertz CT molecular complexity index is 741. The fraction of sp³-hybridized carbons (Fsp3) is 0. The molecule has 3 aromatic rings. The first kappa shape index (κ1) is 12.1. The van der Waals surface area contributed by atoms with Crippen molar-refractivity contribution in [2.45, 2.75) is 0 Å². The normalized spacial score (nSPS) is 10.8. The molecular formula is C12H6Cl2N2O3. The van der Waals surface area contributed by atoms with Crippen molar-refractivity contribution >= 4 is 34.2 Å². The van der Waals surface area contributed by atoms with Crippen molar-refractivity contribution in [3.05, 3.63) is 51.7 Å². The Morgan fingerprint density at radius 1 is 1.16 bits per heavy atom. The summed E-state index contributed by atoms with van der Waals surface area (Å²) in [6.45, 7) is 0. The number of fused-ring (bicyclic) bond motifs is 1. The van der Waals surface area contributed by atoms with Crippen LogP contribution in [0.5, 0.6) is 11.5 Å². The van der Waals surface area contributed by atoms with E-state index in [0.717, 1.165) is 0 Å². The van der Waals surface area contributed by atoms with Gasteiger partial charge in [0.15, 0.2) is 5.75 Å². The van der Waals surface area contributed by atoms with Gasteiger partial charge in [0.05, 0.1) is 5.02 Å². The Labute approximate surface area is 117 Å². The Kier molecular flexibility index (Phi) is 2.93. The molecule has 0 aliphatic heterocycles. The van der Waals surface area contributed by atoms with Crippen LogP contribution in [0.4, 0.5) is 0 Å². The van der Waals surface area contributed by atoms with Gasteiger partial charge in [0.1, 0.15) is 5.75 Å². The Hall–Kier alpha value is -1.98. The minimum atomic E-state index is 0.244. The van der Waals surface area contributed by atoms with Crippen molar-refractivity contribution in [1.82, 2.24) is 5.16 Å². The maximum absolute atomic E-state index is 11.2. The van der Waals surface area contributed by atoms with Gasteiger partial charge in [0.2, 0.25) is 5.52 Å². The van der Waals surface area contributed by atoms with Gasteiger partial charge in [-0.3, -0.25) is 4.63 Å². The lowest BCUT2D eigenvalue weighted by molar-refractivity contribution is -0.782. The fourth-order valence-electron chi connectivity index (χ4n) is 1.58. The monoisotopic (exact) mass is 296 g/mol. The molecule has 1 heterocycles. The smallest absolute Gasteiger partial charge is 0.252 e. The predicted molar refractivity (Wildman–Crippen MR) is 69.5 cm³/mol. The van der Waals surface area contributed by atoms with E-state index in [0.29, 0.717) is 22.0 Å². The molecule has 0 saturated carbocycles. The Morgan fingerprint density at radius 3 is 2.63 bits per heavy atom. The van der Waals surface area contributed by atoms with Gasteiger partial charge < -0.3 is 9.94 Å². The second kappa shape index (κ2) is 4.60. The molecule has 0 radical (unpaired) electrons. The number of hydrogen-bond acceptors (Lipinski definition) is 4. The highest BCUT2D eigenvalue weighted by molar-refractivity contribution is 6.32. The molecule has 0 bridgehead atoms. The lowest BCUT2D eigenvalue weighted by Crippen LogP contribution is -2.22. The van der Waals surface area contributed by atoms with Crippen LogP contribution in [0.2, 0.25) is 10.0 Å². The number of hydrogen-bond donors (Lipinski definition) is 0. The minimum absolute atomic E-state index is 0.244. The molecule has 7 heteroatoms. The maximum Gasteiger partial charge on any atom is 0.252 e. The Morgan fingerprint density at radius 2 is 1.89 bits per heavy atom. The van der Waals surface area contributed by atoms with Gasteiger partial charge in [-0.05, 0) is 29.2 Å². The van der Waals surface area contributed by atoms with E-state index in [-0.39, 0.29) is 15.4 Å². The van der Waals surface area contributed by atoms with E-state index in [1.165, 1.54) is 12.1 Å². The standard InChI is InChI=1S/C12H6Cl2N2O3/c13-7-1-3-8(4-2-7)18-12-6-10-11(5-9(12)14)16(17)19-15-10/h1-6H. The third-order valence-corrected chi connectivity index (χ3v) is 3.03. The van der Waals surface area contributed by atoms with E-state index in [2.05, 4.69) is 9.79 Å². The highest BCUT2D eigenvalue weighted by atomic mass is 35.5. The molecule has 0 saturated heterocycles. The first-order chi connectivity index (χ1) is 9.13. The van der Waals surface area contributed by atoms with Crippen LogP contribution in [0, 0.1) is 5.21 Å². The van der Waals surface area contributed by atoms with E-state index >= 15 is 0 Å². The first-order valence-corrected chi connectivity index (χ1v) is 6.01. The summed E-state index contributed by atoms with van der Waals surface area (Å²) >= 11 is 11.8. The summed E-state index contributed by atoms with van der Waals surface area (Å²) in [4.78, 5) is 0.285. The number of rotatable bonds is 2. The molecule has 3 rings (SSSR count). The van der Waals surface area contributed by atoms with Gasteiger partial charge in [0, 0.05) is 22.3 Å². The van der Waals surface area contributed by atoms with Gasteiger partial charge in [-0.25, -0.2) is 0 Å². The highest BCUT2D eigenvalue weighted by Gasteiger charge is 2.15. The average molecular weight is 297 g/mol. The summed E-state index contributed by atoms with van der Waals surface area (Å²) < 4.78 is 10.1. The summed E-state index contributed by atoms with van der Waals surface area (Å²) in [7, 11) is 0. The summed E-state index contributed by atoms with van der Waals surface area (Å²) in [6, 6.07) is 9.78. The third kappa shape index (κ3) is 2.30. The van der Waals surface area contributed by atoms with E-state index < -0.39 is 0 Å². The van der Waals surface area contributed by atoms with Crippen molar-refractivity contribution in [3.63, 3.8) is 0 Å². The molecule has 96 valence electrons. The molecule has 0 spiro atoms. The van der Waals surface area contributed by atoms with Gasteiger partial charge in [-0.1, -0.05) is 23.2 Å². The van der Waals surface area contributed by atoms with Crippen molar-refractivity contribution in [3.8, 4) is 11.5 Å². The van der Waals surface area contributed by atoms with Crippen LogP contribution in [0.1, 0.15) is 0 Å². The molecule has 0 N–H and O–H groups in total. The van der Waals surface area contributed by atoms with E-state index in [1.807, 2.05) is 0 Å². The lowest BCUT2D eigenvalue weighted by Gasteiger charge is -2.06. The zero-order chi connectivity index (χ0) is 13.4. The SMILES string of the molecule is [O-][n+]1onc2cc(Oc3ccc(Cl)cc3)c(Cl)cc21. The zero-order valence-electron chi connectivity index (χ0n) is 9.34. The first-order valence-electron chi connectivity index (χ1n) is 5.26. The van der Waals surface area contributed by atoms with E-state index in [4.69, 9.17) is 27.9 Å². The molecule has 2 aromatic carbocycles. The van der Waals surface area contributed by atoms with E-state index in [1.54, 1.807) is 24.3 Å². The molecule has 0 aliphatic carbocycles. The maximum atomic E-state index is 11.2. The van der Waals surface area contributed by atoms with Crippen molar-refractivity contribution < 1.29 is 14.3 Å². The third-order valence-electron chi connectivity index (χ3n) is 2.48. The molecule has 0 atom stereocenters. The summed E-state index contributed by atoms with van der Waals surface area (Å²) in [6.07, 6.45) is 0. The number of aromatic nitrogens is 2. The predicted octanol–water partition coefficient (Wildman–Crippen LogP) is 3.56. The molecule has 0 unspecified atom stereocenters. The Balaban J connectivity index is 2.00. The molecule has 0 aliphatic rings. The molecule has 0 fully saturated rings. The van der Waals surface area contributed by atoms with Crippen LogP contribution in [0.3, 0.4) is 0 Å². The van der Waals surface area contributed by atoms with Crippen molar-refractivity contribution in [2.24, 2.45) is 0 Å². The topological polar surface area (TPSA) is 62.2 Å². The number of nitrogens with zero attached hydrogens (tertiary/aromatic N) is 2. The molecule has 0 amide bonds. The van der Waals surface area contributed by atoms with Gasteiger partial charge in [0.25, 0.3) is 5.52 Å². The van der Waals surface area contributed by atoms with Crippen LogP contribution < -0.4 is 9.64 Å². The van der Waals surface area contributed by atoms with Crippen LogP contribution >= 0.6 is 23.2 Å². The van der Waals surface area contributed by atoms with Crippen LogP contribution in [-0.2, 0) is 0 Å². The molecular weight excluding hydrogens is 291 g/mol. The number of halogens is 2. The quantitative estimate of drug-likeness (QED) is 0.678. The van der Waals surface area contributed by atoms with E-state index in [9.17, 15) is 5.21 Å². The van der Waals surface area contributed by atoms with Crippen molar-refractivity contribution in [1.29, 1.82) is 0 Å². The second-order valence-corrected chi connectivity index (χ2v) is 4.60. The van der Waals surface area contributed by atoms with Crippen LogP contribution in [0.15, 0.2) is 41.0 Å². The zero-order valence-corrected chi connectivity index (χ0v) is 10.9. The second-order valence-electron chi connectivity index (χ2n) is 3.76. The summed E-state index contributed by atoms with van der Waals surface area (Å²) in [5, 5.41) is 15.7. The van der Waals surface area contributed by atoms with Crippen LogP contribution in [-0.4, -0.2) is 5.16 Å². The molecule has 19 heavy (non-hydrogen) atoms. The van der Waals surface area contributed by atoms with Crippen LogP contribution in [0.25, 0.3) is 11.0 Å². The minimum Gasteiger partial charge on any atom is -0.456 e. The summed E-state index contributed by atoms with van der Waals surface area (Å²) in [5.74, 6) is 0.953. The van der Waals surface area contributed by atoms with Gasteiger partial charge >= 0.3 is 0 Å². The van der Waals surface area contributed by atoms with Gasteiger partial charge in [-0.2, -0.15) is 0 Å².